The number of aryl methyl sites for hydroxylation is 1. The zero-order valence-corrected chi connectivity index (χ0v) is 14.2. The van der Waals surface area contributed by atoms with Gasteiger partial charge in [-0.15, -0.1) is 0 Å². The van der Waals surface area contributed by atoms with Gasteiger partial charge in [0, 0.05) is 31.4 Å². The maximum absolute atomic E-state index is 11.9. The standard InChI is InChI=1S/C18H22N4O3/c1-12-9-16(25-21-12)18(24)20-10-13-4-6-15(7-5-13)22-8-2-3-14(11-22)17(19)23/h4-7,9,14H,2-3,8,10-11H2,1H3,(H2,19,23)(H,20,24)/t14-/m0/s1. The summed E-state index contributed by atoms with van der Waals surface area (Å²) >= 11 is 0. The minimum Gasteiger partial charge on any atom is -0.371 e. The fourth-order valence-corrected chi connectivity index (χ4v) is 3.01. The van der Waals surface area contributed by atoms with Crippen LogP contribution in [0.3, 0.4) is 0 Å². The van der Waals surface area contributed by atoms with Crippen LogP contribution in [-0.4, -0.2) is 30.1 Å². The number of carbonyl (C=O) groups excluding carboxylic acids is 2. The molecule has 0 bridgehead atoms. The minimum absolute atomic E-state index is 0.0851. The van der Waals surface area contributed by atoms with Gasteiger partial charge in [0.2, 0.25) is 11.7 Å². The van der Waals surface area contributed by atoms with Gasteiger partial charge in [-0.1, -0.05) is 17.3 Å². The van der Waals surface area contributed by atoms with Crippen molar-refractivity contribution in [1.82, 2.24) is 10.5 Å². The van der Waals surface area contributed by atoms with Crippen molar-refractivity contribution >= 4 is 17.5 Å². The molecule has 1 atom stereocenters. The van der Waals surface area contributed by atoms with Crippen molar-refractivity contribution in [2.24, 2.45) is 11.7 Å². The minimum atomic E-state index is -0.287. The molecule has 7 nitrogen and oxygen atoms in total. The van der Waals surface area contributed by atoms with Gasteiger partial charge in [0.15, 0.2) is 0 Å². The van der Waals surface area contributed by atoms with E-state index in [2.05, 4.69) is 15.4 Å². The first-order valence-corrected chi connectivity index (χ1v) is 8.37. The van der Waals surface area contributed by atoms with E-state index in [1.165, 1.54) is 0 Å². The van der Waals surface area contributed by atoms with Crippen LogP contribution in [0.25, 0.3) is 0 Å². The maximum atomic E-state index is 11.9. The van der Waals surface area contributed by atoms with Crippen LogP contribution in [0.15, 0.2) is 34.9 Å². The lowest BCUT2D eigenvalue weighted by Crippen LogP contribution is -2.41. The van der Waals surface area contributed by atoms with Gasteiger partial charge in [0.25, 0.3) is 5.91 Å². The van der Waals surface area contributed by atoms with Gasteiger partial charge in [-0.2, -0.15) is 0 Å². The van der Waals surface area contributed by atoms with Crippen molar-refractivity contribution in [1.29, 1.82) is 0 Å². The summed E-state index contributed by atoms with van der Waals surface area (Å²) in [6.45, 7) is 3.76. The van der Waals surface area contributed by atoms with Crippen LogP contribution >= 0.6 is 0 Å². The molecular weight excluding hydrogens is 320 g/mol. The number of anilines is 1. The van der Waals surface area contributed by atoms with Crippen LogP contribution in [-0.2, 0) is 11.3 Å². The van der Waals surface area contributed by atoms with Crippen molar-refractivity contribution in [3.05, 3.63) is 47.3 Å². The number of nitrogens with one attached hydrogen (secondary N) is 1. The first kappa shape index (κ1) is 17.0. The zero-order valence-electron chi connectivity index (χ0n) is 14.2. The summed E-state index contributed by atoms with van der Waals surface area (Å²) in [5.74, 6) is -0.394. The monoisotopic (exact) mass is 342 g/mol. The van der Waals surface area contributed by atoms with E-state index >= 15 is 0 Å². The molecule has 1 aromatic heterocycles. The largest absolute Gasteiger partial charge is 0.371 e. The Hall–Kier alpha value is -2.83. The van der Waals surface area contributed by atoms with E-state index in [-0.39, 0.29) is 23.5 Å². The Bertz CT molecular complexity index is 754. The highest BCUT2D eigenvalue weighted by molar-refractivity contribution is 5.91. The van der Waals surface area contributed by atoms with Crippen LogP contribution in [0.2, 0.25) is 0 Å². The molecular formula is C18H22N4O3. The fraction of sp³-hybridized carbons (Fsp3) is 0.389. The molecule has 0 unspecified atom stereocenters. The summed E-state index contributed by atoms with van der Waals surface area (Å²) in [7, 11) is 0. The molecule has 1 saturated heterocycles. The molecule has 0 spiro atoms. The lowest BCUT2D eigenvalue weighted by molar-refractivity contribution is -0.122. The average Bonchev–Trinajstić information content (AvgIpc) is 3.07. The number of rotatable bonds is 5. The highest BCUT2D eigenvalue weighted by Crippen LogP contribution is 2.23. The number of nitrogens with two attached hydrogens (primary N) is 1. The first-order valence-electron chi connectivity index (χ1n) is 8.37. The molecule has 2 aromatic rings. The predicted octanol–water partition coefficient (Wildman–Crippen LogP) is 1.61. The van der Waals surface area contributed by atoms with Crippen LogP contribution < -0.4 is 16.0 Å². The number of primary amides is 1. The van der Waals surface area contributed by atoms with Crippen molar-refractivity contribution < 1.29 is 14.1 Å². The molecule has 1 aromatic carbocycles. The van der Waals surface area contributed by atoms with Gasteiger partial charge in [-0.25, -0.2) is 0 Å². The second-order valence-corrected chi connectivity index (χ2v) is 6.37. The Balaban J connectivity index is 1.57. The summed E-state index contributed by atoms with van der Waals surface area (Å²) < 4.78 is 4.94. The summed E-state index contributed by atoms with van der Waals surface area (Å²) in [5, 5.41) is 6.50. The van der Waals surface area contributed by atoms with Crippen LogP contribution in [0, 0.1) is 12.8 Å². The molecule has 0 saturated carbocycles. The average molecular weight is 342 g/mol. The van der Waals surface area contributed by atoms with Gasteiger partial charge in [0.05, 0.1) is 11.6 Å². The predicted molar refractivity (Wildman–Crippen MR) is 93.0 cm³/mol. The maximum Gasteiger partial charge on any atom is 0.290 e. The topological polar surface area (TPSA) is 101 Å². The number of nitrogens with zero attached hydrogens (tertiary/aromatic N) is 2. The second-order valence-electron chi connectivity index (χ2n) is 6.37. The van der Waals surface area contributed by atoms with E-state index in [0.717, 1.165) is 30.6 Å². The summed E-state index contributed by atoms with van der Waals surface area (Å²) in [6.07, 6.45) is 1.82. The van der Waals surface area contributed by atoms with Crippen molar-refractivity contribution in [2.45, 2.75) is 26.3 Å². The molecule has 1 aliphatic heterocycles. The van der Waals surface area contributed by atoms with E-state index in [4.69, 9.17) is 10.3 Å². The molecule has 7 heteroatoms. The third kappa shape index (κ3) is 4.17. The molecule has 0 aliphatic carbocycles. The number of hydrogen-bond donors (Lipinski definition) is 2. The summed E-state index contributed by atoms with van der Waals surface area (Å²) in [4.78, 5) is 25.5. The van der Waals surface area contributed by atoms with Gasteiger partial charge in [0.1, 0.15) is 0 Å². The quantitative estimate of drug-likeness (QED) is 0.860. The second kappa shape index (κ2) is 7.38. The molecule has 2 amide bonds. The van der Waals surface area contributed by atoms with Gasteiger partial charge >= 0.3 is 0 Å². The van der Waals surface area contributed by atoms with E-state index < -0.39 is 0 Å². The highest BCUT2D eigenvalue weighted by atomic mass is 16.5. The fourth-order valence-electron chi connectivity index (χ4n) is 3.01. The van der Waals surface area contributed by atoms with Crippen molar-refractivity contribution in [3.63, 3.8) is 0 Å². The zero-order chi connectivity index (χ0) is 17.8. The van der Waals surface area contributed by atoms with Crippen LogP contribution in [0.1, 0.15) is 34.7 Å². The third-order valence-corrected chi connectivity index (χ3v) is 4.43. The Morgan fingerprint density at radius 1 is 1.36 bits per heavy atom. The van der Waals surface area contributed by atoms with Gasteiger partial charge in [-0.05, 0) is 37.5 Å². The van der Waals surface area contributed by atoms with E-state index in [1.54, 1.807) is 13.0 Å². The lowest BCUT2D eigenvalue weighted by atomic mass is 9.97. The third-order valence-electron chi connectivity index (χ3n) is 4.43. The number of amides is 2. The molecule has 1 fully saturated rings. The molecule has 3 rings (SSSR count). The van der Waals surface area contributed by atoms with E-state index in [0.29, 0.717) is 18.8 Å². The molecule has 132 valence electrons. The van der Waals surface area contributed by atoms with E-state index in [9.17, 15) is 9.59 Å². The lowest BCUT2D eigenvalue weighted by Gasteiger charge is -2.33. The smallest absolute Gasteiger partial charge is 0.290 e. The van der Waals surface area contributed by atoms with Crippen molar-refractivity contribution in [3.8, 4) is 0 Å². The van der Waals surface area contributed by atoms with Crippen LogP contribution in [0.5, 0.6) is 0 Å². The number of benzene rings is 1. The first-order chi connectivity index (χ1) is 12.0. The van der Waals surface area contributed by atoms with Crippen molar-refractivity contribution in [2.75, 3.05) is 18.0 Å². The van der Waals surface area contributed by atoms with Gasteiger partial charge < -0.3 is 20.5 Å². The SMILES string of the molecule is Cc1cc(C(=O)NCc2ccc(N3CCC[C@H](C(N)=O)C3)cc2)on1. The van der Waals surface area contributed by atoms with E-state index in [1.807, 2.05) is 24.3 Å². The molecule has 0 radical (unpaired) electrons. The highest BCUT2D eigenvalue weighted by Gasteiger charge is 2.24. The van der Waals surface area contributed by atoms with Gasteiger partial charge in [-0.3, -0.25) is 9.59 Å². The molecule has 25 heavy (non-hydrogen) atoms. The number of piperidine rings is 1. The van der Waals surface area contributed by atoms with Crippen LogP contribution in [0.4, 0.5) is 5.69 Å². The normalized spacial score (nSPS) is 17.3. The Kier molecular flexibility index (Phi) is 5.02. The number of carbonyl (C=O) groups is 2. The Labute approximate surface area is 146 Å². The Morgan fingerprint density at radius 2 is 2.12 bits per heavy atom. The Morgan fingerprint density at radius 3 is 2.76 bits per heavy atom. The molecule has 1 aliphatic rings. The molecule has 3 N–H and O–H groups in total. The summed E-state index contributed by atoms with van der Waals surface area (Å²) in [5.41, 5.74) is 8.15. The number of aromatic nitrogens is 1. The summed E-state index contributed by atoms with van der Waals surface area (Å²) in [6, 6.07) is 9.54. The number of hydrogen-bond acceptors (Lipinski definition) is 5. The molecule has 2 heterocycles.